The molecule has 1 saturated heterocycles. The number of benzene rings is 1. The SMILES string of the molecule is C=C[C@@H]1C[C@]1(CC(=O)C1CC(OC(=O)N2Cc3cccc(F)c3C2)CN1C(=O)[C@H](CCC(=O)C=C(C)C)CC(=O)OC(C)(C)C)C(=O)NS(=O)(=O)C1CC1. The highest BCUT2D eigenvalue weighted by molar-refractivity contribution is 7.90. The molecule has 15 heteroatoms. The largest absolute Gasteiger partial charge is 0.460 e. The van der Waals surface area contributed by atoms with Gasteiger partial charge in [-0.1, -0.05) is 23.8 Å². The van der Waals surface area contributed by atoms with E-state index < -0.39 is 92.2 Å². The molecular weight excluding hydrogens is 722 g/mol. The van der Waals surface area contributed by atoms with Gasteiger partial charge in [0.25, 0.3) is 0 Å². The molecule has 0 radical (unpaired) electrons. The highest BCUT2D eigenvalue weighted by atomic mass is 32.2. The molecule has 4 aliphatic rings. The first-order valence-electron chi connectivity index (χ1n) is 18.4. The second kappa shape index (κ2) is 15.8. The summed E-state index contributed by atoms with van der Waals surface area (Å²) in [7, 11) is -3.92. The van der Waals surface area contributed by atoms with Crippen molar-refractivity contribution in [1.29, 1.82) is 0 Å². The number of nitrogens with zero attached hydrogens (tertiary/aromatic N) is 2. The average molecular weight is 772 g/mol. The summed E-state index contributed by atoms with van der Waals surface area (Å²) in [5.41, 5.74) is -0.506. The molecule has 54 heavy (non-hydrogen) atoms. The molecule has 1 aromatic carbocycles. The Bertz CT molecular complexity index is 1860. The monoisotopic (exact) mass is 771 g/mol. The molecule has 3 fully saturated rings. The molecule has 0 bridgehead atoms. The normalized spacial score (nSPS) is 23.9. The minimum atomic E-state index is -3.92. The van der Waals surface area contributed by atoms with Crippen molar-refractivity contribution >= 4 is 45.5 Å². The first-order valence-corrected chi connectivity index (χ1v) is 19.9. The van der Waals surface area contributed by atoms with Crippen molar-refractivity contribution in [2.24, 2.45) is 17.3 Å². The Labute approximate surface area is 315 Å². The quantitative estimate of drug-likeness (QED) is 0.150. The summed E-state index contributed by atoms with van der Waals surface area (Å²) in [6.45, 7) is 12.1. The molecule has 2 saturated carbocycles. The topological polar surface area (TPSA) is 174 Å². The van der Waals surface area contributed by atoms with E-state index in [1.54, 1.807) is 46.8 Å². The van der Waals surface area contributed by atoms with Crippen LogP contribution in [0.4, 0.5) is 9.18 Å². The van der Waals surface area contributed by atoms with Crippen LogP contribution >= 0.6 is 0 Å². The maximum Gasteiger partial charge on any atom is 0.410 e. The number of carbonyl (C=O) groups excluding carboxylic acids is 6. The number of amides is 3. The molecule has 0 spiro atoms. The van der Waals surface area contributed by atoms with Gasteiger partial charge in [-0.3, -0.25) is 33.6 Å². The van der Waals surface area contributed by atoms with Gasteiger partial charge < -0.3 is 14.4 Å². The van der Waals surface area contributed by atoms with Crippen molar-refractivity contribution in [3.8, 4) is 0 Å². The third-order valence-corrected chi connectivity index (χ3v) is 12.1. The molecule has 2 unspecified atom stereocenters. The Morgan fingerprint density at radius 1 is 1.11 bits per heavy atom. The Kier molecular flexibility index (Phi) is 11.9. The summed E-state index contributed by atoms with van der Waals surface area (Å²) in [6.07, 6.45) is 1.16. The number of carbonyl (C=O) groups is 6. The maximum absolute atomic E-state index is 14.4. The fraction of sp³-hybridized carbons (Fsp3) is 0.590. The van der Waals surface area contributed by atoms with Crippen molar-refractivity contribution in [1.82, 2.24) is 14.5 Å². The minimum absolute atomic E-state index is 0.0272. The van der Waals surface area contributed by atoms with Crippen molar-refractivity contribution in [2.75, 3.05) is 6.54 Å². The molecule has 13 nitrogen and oxygen atoms in total. The smallest absolute Gasteiger partial charge is 0.410 e. The summed E-state index contributed by atoms with van der Waals surface area (Å²) in [6, 6.07) is 3.34. The molecule has 2 heterocycles. The van der Waals surface area contributed by atoms with Gasteiger partial charge in [0.1, 0.15) is 17.5 Å². The number of Topliss-reactive ketones (excluding diaryl/α,β-unsaturated/α-hetero) is 1. The lowest BCUT2D eigenvalue weighted by Crippen LogP contribution is -2.46. The van der Waals surface area contributed by atoms with E-state index in [0.29, 0.717) is 24.0 Å². The minimum Gasteiger partial charge on any atom is -0.460 e. The molecule has 2 aliphatic carbocycles. The van der Waals surface area contributed by atoms with Gasteiger partial charge in [0, 0.05) is 37.3 Å². The number of allylic oxidation sites excluding steroid dienone is 3. The number of hydrogen-bond acceptors (Lipinski definition) is 10. The number of ether oxygens (including phenoxy) is 2. The third kappa shape index (κ3) is 9.63. The first-order chi connectivity index (χ1) is 25.2. The van der Waals surface area contributed by atoms with E-state index in [1.807, 2.05) is 0 Å². The molecule has 1 N–H and O–H groups in total. The van der Waals surface area contributed by atoms with E-state index in [4.69, 9.17) is 9.47 Å². The van der Waals surface area contributed by atoms with Gasteiger partial charge in [-0.15, -0.1) is 6.58 Å². The third-order valence-electron chi connectivity index (χ3n) is 10.3. The van der Waals surface area contributed by atoms with E-state index in [2.05, 4.69) is 11.3 Å². The molecular formula is C39H50FN3O10S. The van der Waals surface area contributed by atoms with Gasteiger partial charge >= 0.3 is 12.1 Å². The van der Waals surface area contributed by atoms with Gasteiger partial charge in [0.15, 0.2) is 11.6 Å². The average Bonchev–Trinajstić information content (AvgIpc) is 3.96. The molecule has 294 valence electrons. The van der Waals surface area contributed by atoms with Crippen LogP contribution in [0.2, 0.25) is 0 Å². The fourth-order valence-electron chi connectivity index (χ4n) is 7.31. The predicted octanol–water partition coefficient (Wildman–Crippen LogP) is 4.67. The van der Waals surface area contributed by atoms with Gasteiger partial charge in [0.05, 0.1) is 36.2 Å². The van der Waals surface area contributed by atoms with E-state index in [1.165, 1.54) is 28.0 Å². The van der Waals surface area contributed by atoms with E-state index in [-0.39, 0.29) is 57.5 Å². The molecule has 1 aromatic rings. The number of nitrogens with one attached hydrogen (secondary N) is 1. The maximum atomic E-state index is 14.4. The second-order valence-corrected chi connectivity index (χ2v) is 18.2. The Morgan fingerprint density at radius 2 is 1.81 bits per heavy atom. The molecule has 5 rings (SSSR count). The predicted molar refractivity (Wildman–Crippen MR) is 194 cm³/mol. The molecule has 5 atom stereocenters. The Hall–Kier alpha value is -4.40. The van der Waals surface area contributed by atoms with Crippen LogP contribution in [0.25, 0.3) is 0 Å². The number of rotatable bonds is 15. The van der Waals surface area contributed by atoms with Crippen LogP contribution in [0.5, 0.6) is 0 Å². The lowest BCUT2D eigenvalue weighted by molar-refractivity contribution is -0.159. The first kappa shape index (κ1) is 40.8. The highest BCUT2D eigenvalue weighted by Crippen LogP contribution is 2.57. The van der Waals surface area contributed by atoms with Crippen LogP contribution in [0.1, 0.15) is 97.1 Å². The number of halogens is 1. The number of hydrogen-bond donors (Lipinski definition) is 1. The summed E-state index contributed by atoms with van der Waals surface area (Å²) < 4.78 is 53.3. The highest BCUT2D eigenvalue weighted by Gasteiger charge is 2.61. The number of esters is 1. The number of sulfonamides is 1. The summed E-state index contributed by atoms with van der Waals surface area (Å²) in [5, 5.41) is -0.668. The standard InChI is InChI=1S/C39H50FN3O10S/c1-7-26-18-39(26,36(48)41-54(50,51)29-13-14-29)19-33(45)32-17-28(52-37(49)42-20-25-9-8-10-31(40)30(25)22-42)21-43(32)35(47)24(11-12-27(44)15-23(2)3)16-34(46)53-38(4,5)6/h7-10,15,24,26,28-29,32H,1,11-14,16-22H2,2-6H3,(H,41,48)/t24-,26-,28?,32?,39-/m1/s1. The summed E-state index contributed by atoms with van der Waals surface area (Å²) in [5.74, 6) is -4.97. The number of likely N-dealkylation sites (tertiary alicyclic amines) is 1. The Balaban J connectivity index is 1.39. The lowest BCUT2D eigenvalue weighted by Gasteiger charge is -2.29. The zero-order valence-corrected chi connectivity index (χ0v) is 32.3. The zero-order chi connectivity index (χ0) is 39.7. The van der Waals surface area contributed by atoms with Gasteiger partial charge in [0.2, 0.25) is 21.8 Å². The lowest BCUT2D eigenvalue weighted by atomic mass is 9.90. The number of fused-ring (bicyclic) bond motifs is 1. The van der Waals surface area contributed by atoms with Crippen LogP contribution in [0, 0.1) is 23.1 Å². The van der Waals surface area contributed by atoms with Gasteiger partial charge in [-0.2, -0.15) is 0 Å². The van der Waals surface area contributed by atoms with Crippen LogP contribution in [0.15, 0.2) is 42.5 Å². The zero-order valence-electron chi connectivity index (χ0n) is 31.5. The Morgan fingerprint density at radius 3 is 2.41 bits per heavy atom. The van der Waals surface area contributed by atoms with Crippen molar-refractivity contribution in [3.63, 3.8) is 0 Å². The van der Waals surface area contributed by atoms with E-state index in [0.717, 1.165) is 5.57 Å². The van der Waals surface area contributed by atoms with Gasteiger partial charge in [-0.05, 0) is 83.9 Å². The molecule has 0 aromatic heterocycles. The number of ketones is 2. The van der Waals surface area contributed by atoms with E-state index >= 15 is 0 Å². The van der Waals surface area contributed by atoms with Crippen molar-refractivity contribution in [3.05, 3.63) is 59.4 Å². The second-order valence-electron chi connectivity index (χ2n) is 16.2. The van der Waals surface area contributed by atoms with Crippen LogP contribution in [0.3, 0.4) is 0 Å². The molecule has 3 amide bonds. The van der Waals surface area contributed by atoms with Crippen LogP contribution in [-0.2, 0) is 56.6 Å². The summed E-state index contributed by atoms with van der Waals surface area (Å²) >= 11 is 0. The van der Waals surface area contributed by atoms with Crippen LogP contribution < -0.4 is 4.72 Å². The van der Waals surface area contributed by atoms with Crippen LogP contribution in [-0.4, -0.2) is 83.2 Å². The van der Waals surface area contributed by atoms with Gasteiger partial charge in [-0.25, -0.2) is 17.6 Å². The summed E-state index contributed by atoms with van der Waals surface area (Å²) in [4.78, 5) is 83.9. The fourth-order valence-corrected chi connectivity index (χ4v) is 8.69. The molecule has 2 aliphatic heterocycles. The van der Waals surface area contributed by atoms with Crippen molar-refractivity contribution < 1.29 is 51.0 Å². The van der Waals surface area contributed by atoms with E-state index in [9.17, 15) is 41.6 Å². The van der Waals surface area contributed by atoms with Crippen molar-refractivity contribution in [2.45, 2.75) is 122 Å².